The SMILES string of the molecule is Cc1cccc(Oc2nnc(C)c(C)c2CN)c1C. The molecule has 2 N–H and O–H groups in total. The highest BCUT2D eigenvalue weighted by Gasteiger charge is 2.13. The van der Waals surface area contributed by atoms with Gasteiger partial charge in [-0.15, -0.1) is 5.10 Å². The van der Waals surface area contributed by atoms with E-state index >= 15 is 0 Å². The third-order valence-electron chi connectivity index (χ3n) is 3.51. The van der Waals surface area contributed by atoms with Crippen LogP contribution in [0.5, 0.6) is 11.6 Å². The third-order valence-corrected chi connectivity index (χ3v) is 3.51. The summed E-state index contributed by atoms with van der Waals surface area (Å²) in [6.07, 6.45) is 0. The van der Waals surface area contributed by atoms with Crippen LogP contribution in [0.1, 0.15) is 27.9 Å². The fourth-order valence-corrected chi connectivity index (χ4v) is 1.90. The smallest absolute Gasteiger partial charge is 0.243 e. The molecule has 0 spiro atoms. The van der Waals surface area contributed by atoms with Gasteiger partial charge in [-0.3, -0.25) is 0 Å². The van der Waals surface area contributed by atoms with Gasteiger partial charge in [0.2, 0.25) is 5.88 Å². The van der Waals surface area contributed by atoms with Crippen LogP contribution in [-0.4, -0.2) is 10.2 Å². The number of ether oxygens (including phenoxy) is 1. The van der Waals surface area contributed by atoms with Crippen molar-refractivity contribution >= 4 is 0 Å². The summed E-state index contributed by atoms with van der Waals surface area (Å²) in [4.78, 5) is 0. The zero-order valence-corrected chi connectivity index (χ0v) is 11.8. The van der Waals surface area contributed by atoms with Gasteiger partial charge in [-0.05, 0) is 50.5 Å². The summed E-state index contributed by atoms with van der Waals surface area (Å²) in [7, 11) is 0. The largest absolute Gasteiger partial charge is 0.437 e. The second kappa shape index (κ2) is 5.36. The van der Waals surface area contributed by atoms with Crippen molar-refractivity contribution in [3.8, 4) is 11.6 Å². The molecular weight excluding hydrogens is 238 g/mol. The maximum absolute atomic E-state index is 5.89. The van der Waals surface area contributed by atoms with Gasteiger partial charge in [-0.25, -0.2) is 0 Å². The van der Waals surface area contributed by atoms with E-state index in [0.717, 1.165) is 28.1 Å². The Labute approximate surface area is 113 Å². The second-order valence-corrected chi connectivity index (χ2v) is 4.70. The molecule has 0 aliphatic heterocycles. The predicted octanol–water partition coefficient (Wildman–Crippen LogP) is 2.96. The molecule has 0 unspecified atom stereocenters. The van der Waals surface area contributed by atoms with Gasteiger partial charge in [0.25, 0.3) is 0 Å². The number of nitrogens with zero attached hydrogens (tertiary/aromatic N) is 2. The normalized spacial score (nSPS) is 10.6. The maximum Gasteiger partial charge on any atom is 0.243 e. The number of benzene rings is 1. The van der Waals surface area contributed by atoms with Crippen molar-refractivity contribution < 1.29 is 4.74 Å². The number of nitrogens with two attached hydrogens (primary N) is 1. The summed E-state index contributed by atoms with van der Waals surface area (Å²) in [5.74, 6) is 1.30. The lowest BCUT2D eigenvalue weighted by Crippen LogP contribution is -2.07. The van der Waals surface area contributed by atoms with E-state index in [1.54, 1.807) is 0 Å². The molecule has 0 saturated heterocycles. The zero-order valence-electron chi connectivity index (χ0n) is 11.8. The minimum absolute atomic E-state index is 0.391. The summed E-state index contributed by atoms with van der Waals surface area (Å²) in [5, 5.41) is 8.23. The summed E-state index contributed by atoms with van der Waals surface area (Å²) in [6, 6.07) is 5.95. The van der Waals surface area contributed by atoms with Crippen LogP contribution in [0.25, 0.3) is 0 Å². The van der Waals surface area contributed by atoms with Crippen molar-refractivity contribution in [3.63, 3.8) is 0 Å². The van der Waals surface area contributed by atoms with Crippen LogP contribution in [0.15, 0.2) is 18.2 Å². The molecule has 4 nitrogen and oxygen atoms in total. The first-order valence-electron chi connectivity index (χ1n) is 6.31. The van der Waals surface area contributed by atoms with Crippen LogP contribution in [0.2, 0.25) is 0 Å². The van der Waals surface area contributed by atoms with E-state index in [-0.39, 0.29) is 0 Å². The van der Waals surface area contributed by atoms with Crippen LogP contribution < -0.4 is 10.5 Å². The Bertz CT molecular complexity index is 609. The molecular formula is C15H19N3O. The summed E-state index contributed by atoms with van der Waals surface area (Å²) in [5.41, 5.74) is 10.9. The van der Waals surface area contributed by atoms with Crippen LogP contribution in [0.4, 0.5) is 0 Å². The van der Waals surface area contributed by atoms with Gasteiger partial charge in [0.05, 0.1) is 5.69 Å². The van der Waals surface area contributed by atoms with E-state index in [0.29, 0.717) is 12.4 Å². The monoisotopic (exact) mass is 257 g/mol. The highest BCUT2D eigenvalue weighted by molar-refractivity contribution is 5.43. The lowest BCUT2D eigenvalue weighted by atomic mass is 10.1. The molecule has 1 aromatic carbocycles. The Morgan fingerprint density at radius 3 is 2.47 bits per heavy atom. The van der Waals surface area contributed by atoms with Gasteiger partial charge in [0, 0.05) is 12.1 Å². The summed E-state index contributed by atoms with van der Waals surface area (Å²) < 4.78 is 5.89. The van der Waals surface area contributed by atoms with Crippen LogP contribution in [0, 0.1) is 27.7 Å². The van der Waals surface area contributed by atoms with E-state index in [1.807, 2.05) is 32.9 Å². The van der Waals surface area contributed by atoms with E-state index < -0.39 is 0 Å². The first-order chi connectivity index (χ1) is 9.04. The Kier molecular flexibility index (Phi) is 3.81. The molecule has 2 rings (SSSR count). The quantitative estimate of drug-likeness (QED) is 0.918. The fraction of sp³-hybridized carbons (Fsp3) is 0.333. The Morgan fingerprint density at radius 2 is 1.79 bits per heavy atom. The van der Waals surface area contributed by atoms with Crippen LogP contribution in [-0.2, 0) is 6.54 Å². The Morgan fingerprint density at radius 1 is 1.05 bits per heavy atom. The molecule has 0 fully saturated rings. The number of hydrogen-bond acceptors (Lipinski definition) is 4. The first-order valence-corrected chi connectivity index (χ1v) is 6.31. The van der Waals surface area contributed by atoms with Crippen molar-refractivity contribution in [3.05, 3.63) is 46.1 Å². The van der Waals surface area contributed by atoms with Crippen molar-refractivity contribution in [2.24, 2.45) is 5.73 Å². The van der Waals surface area contributed by atoms with Crippen molar-refractivity contribution in [2.45, 2.75) is 34.2 Å². The summed E-state index contributed by atoms with van der Waals surface area (Å²) in [6.45, 7) is 8.38. The molecule has 0 bridgehead atoms. The van der Waals surface area contributed by atoms with E-state index in [1.165, 1.54) is 5.56 Å². The average molecular weight is 257 g/mol. The maximum atomic E-state index is 5.89. The molecule has 100 valence electrons. The third kappa shape index (κ3) is 2.58. The molecule has 19 heavy (non-hydrogen) atoms. The highest BCUT2D eigenvalue weighted by Crippen LogP contribution is 2.29. The number of aryl methyl sites for hydroxylation is 2. The molecule has 4 heteroatoms. The minimum Gasteiger partial charge on any atom is -0.437 e. The molecule has 1 heterocycles. The van der Waals surface area contributed by atoms with E-state index in [4.69, 9.17) is 10.5 Å². The van der Waals surface area contributed by atoms with Gasteiger partial charge >= 0.3 is 0 Å². The number of aromatic nitrogens is 2. The summed E-state index contributed by atoms with van der Waals surface area (Å²) >= 11 is 0. The number of hydrogen-bond donors (Lipinski definition) is 1. The van der Waals surface area contributed by atoms with E-state index in [9.17, 15) is 0 Å². The van der Waals surface area contributed by atoms with Gasteiger partial charge in [-0.1, -0.05) is 12.1 Å². The molecule has 0 atom stereocenters. The van der Waals surface area contributed by atoms with Gasteiger partial charge in [0.15, 0.2) is 0 Å². The van der Waals surface area contributed by atoms with E-state index in [2.05, 4.69) is 23.2 Å². The van der Waals surface area contributed by atoms with Crippen LogP contribution >= 0.6 is 0 Å². The second-order valence-electron chi connectivity index (χ2n) is 4.70. The van der Waals surface area contributed by atoms with Gasteiger partial charge < -0.3 is 10.5 Å². The average Bonchev–Trinajstić information content (AvgIpc) is 2.39. The molecule has 1 aromatic heterocycles. The van der Waals surface area contributed by atoms with Gasteiger partial charge in [-0.2, -0.15) is 5.10 Å². The number of rotatable bonds is 3. The topological polar surface area (TPSA) is 61.0 Å². The lowest BCUT2D eigenvalue weighted by Gasteiger charge is -2.14. The first kappa shape index (κ1) is 13.5. The fourth-order valence-electron chi connectivity index (χ4n) is 1.90. The molecule has 0 aliphatic carbocycles. The highest BCUT2D eigenvalue weighted by atomic mass is 16.5. The predicted molar refractivity (Wildman–Crippen MR) is 75.4 cm³/mol. The molecule has 0 radical (unpaired) electrons. The van der Waals surface area contributed by atoms with Crippen molar-refractivity contribution in [1.82, 2.24) is 10.2 Å². The van der Waals surface area contributed by atoms with Crippen molar-refractivity contribution in [2.75, 3.05) is 0 Å². The Balaban J connectivity index is 2.44. The molecule has 0 aliphatic rings. The lowest BCUT2D eigenvalue weighted by molar-refractivity contribution is 0.443. The zero-order chi connectivity index (χ0) is 14.0. The molecule has 0 saturated carbocycles. The standard InChI is InChI=1S/C15H19N3O/c1-9-6-5-7-14(10(9)2)19-15-13(8-16)11(3)12(4)17-18-15/h5-7H,8,16H2,1-4H3. The van der Waals surface area contributed by atoms with Gasteiger partial charge in [0.1, 0.15) is 5.75 Å². The Hall–Kier alpha value is -1.94. The molecule has 2 aromatic rings. The molecule has 0 amide bonds. The van der Waals surface area contributed by atoms with Crippen LogP contribution in [0.3, 0.4) is 0 Å². The van der Waals surface area contributed by atoms with Crippen molar-refractivity contribution in [1.29, 1.82) is 0 Å². The minimum atomic E-state index is 0.391.